The Balaban J connectivity index is 2.15. The maximum atomic E-state index is 13.8. The standard InChI is InChI=1S/C14H18FN3O3/c1-8-2-4-9(5-3-8)17-14(19)10-6-13(18(20)21)12(16)7-11(10)15/h6-9H,2-5,16H2,1H3,(H,17,19)/t8-,9-. The number of carbonyl (C=O) groups excluding carboxylic acids is 1. The van der Waals surface area contributed by atoms with Gasteiger partial charge in [-0.05, 0) is 31.6 Å². The van der Waals surface area contributed by atoms with Crippen molar-refractivity contribution in [2.24, 2.45) is 5.92 Å². The molecule has 0 aromatic heterocycles. The summed E-state index contributed by atoms with van der Waals surface area (Å²) < 4.78 is 13.8. The van der Waals surface area contributed by atoms with Gasteiger partial charge in [-0.3, -0.25) is 14.9 Å². The predicted octanol–water partition coefficient (Wildman–Crippen LogP) is 2.62. The number of nitro groups is 1. The van der Waals surface area contributed by atoms with Gasteiger partial charge >= 0.3 is 0 Å². The van der Waals surface area contributed by atoms with E-state index in [9.17, 15) is 19.3 Å². The van der Waals surface area contributed by atoms with Gasteiger partial charge in [0.15, 0.2) is 0 Å². The van der Waals surface area contributed by atoms with E-state index in [4.69, 9.17) is 5.73 Å². The third-order valence-corrected chi connectivity index (χ3v) is 3.91. The summed E-state index contributed by atoms with van der Waals surface area (Å²) in [4.78, 5) is 22.2. The minimum Gasteiger partial charge on any atom is -0.393 e. The van der Waals surface area contributed by atoms with Gasteiger partial charge in [0.2, 0.25) is 0 Å². The van der Waals surface area contributed by atoms with E-state index in [1.165, 1.54) is 0 Å². The van der Waals surface area contributed by atoms with Crippen molar-refractivity contribution >= 4 is 17.3 Å². The van der Waals surface area contributed by atoms with Crippen LogP contribution in [0.4, 0.5) is 15.8 Å². The fourth-order valence-corrected chi connectivity index (χ4v) is 2.58. The topological polar surface area (TPSA) is 98.3 Å². The first-order chi connectivity index (χ1) is 9.88. The molecule has 1 amide bonds. The number of halogens is 1. The highest BCUT2D eigenvalue weighted by Gasteiger charge is 2.24. The molecule has 21 heavy (non-hydrogen) atoms. The average Bonchev–Trinajstić information content (AvgIpc) is 2.40. The number of nitro benzene ring substituents is 1. The first kappa shape index (κ1) is 15.2. The number of rotatable bonds is 3. The van der Waals surface area contributed by atoms with Crippen molar-refractivity contribution in [1.29, 1.82) is 0 Å². The normalized spacial score (nSPS) is 21.8. The number of carbonyl (C=O) groups is 1. The summed E-state index contributed by atoms with van der Waals surface area (Å²) in [5.74, 6) is -0.845. The minimum atomic E-state index is -0.847. The maximum Gasteiger partial charge on any atom is 0.293 e. The fourth-order valence-electron chi connectivity index (χ4n) is 2.58. The van der Waals surface area contributed by atoms with Crippen molar-refractivity contribution in [3.05, 3.63) is 33.6 Å². The Morgan fingerprint density at radius 3 is 2.57 bits per heavy atom. The zero-order valence-corrected chi connectivity index (χ0v) is 11.8. The molecule has 6 nitrogen and oxygen atoms in total. The molecule has 114 valence electrons. The van der Waals surface area contributed by atoms with Gasteiger partial charge in [-0.15, -0.1) is 0 Å². The molecule has 0 radical (unpaired) electrons. The molecule has 0 aliphatic heterocycles. The van der Waals surface area contributed by atoms with Crippen molar-refractivity contribution < 1.29 is 14.1 Å². The van der Waals surface area contributed by atoms with Crippen LogP contribution in [0.5, 0.6) is 0 Å². The van der Waals surface area contributed by atoms with E-state index in [1.54, 1.807) is 0 Å². The van der Waals surface area contributed by atoms with E-state index < -0.39 is 22.3 Å². The summed E-state index contributed by atoms with van der Waals surface area (Å²) in [5.41, 5.74) is 4.29. The second kappa shape index (κ2) is 6.07. The average molecular weight is 295 g/mol. The molecular formula is C14H18FN3O3. The van der Waals surface area contributed by atoms with E-state index in [1.807, 2.05) is 0 Å². The van der Waals surface area contributed by atoms with Gasteiger partial charge in [0.1, 0.15) is 11.5 Å². The lowest BCUT2D eigenvalue weighted by Crippen LogP contribution is -2.37. The van der Waals surface area contributed by atoms with Crippen LogP contribution in [0.2, 0.25) is 0 Å². The van der Waals surface area contributed by atoms with E-state index >= 15 is 0 Å². The molecule has 1 aliphatic rings. The van der Waals surface area contributed by atoms with Gasteiger partial charge < -0.3 is 11.1 Å². The lowest BCUT2D eigenvalue weighted by atomic mass is 9.87. The quantitative estimate of drug-likeness (QED) is 0.508. The van der Waals surface area contributed by atoms with Crippen molar-refractivity contribution in [3.63, 3.8) is 0 Å². The van der Waals surface area contributed by atoms with Gasteiger partial charge in [0.05, 0.1) is 10.5 Å². The highest BCUT2D eigenvalue weighted by atomic mass is 19.1. The van der Waals surface area contributed by atoms with E-state index in [0.717, 1.165) is 37.8 Å². The number of nitrogens with two attached hydrogens (primary N) is 1. The molecule has 0 bridgehead atoms. The van der Waals surface area contributed by atoms with Crippen LogP contribution < -0.4 is 11.1 Å². The highest BCUT2D eigenvalue weighted by Crippen LogP contribution is 2.26. The van der Waals surface area contributed by atoms with Crippen molar-refractivity contribution in [3.8, 4) is 0 Å². The molecule has 3 N–H and O–H groups in total. The largest absolute Gasteiger partial charge is 0.393 e. The highest BCUT2D eigenvalue weighted by molar-refractivity contribution is 5.96. The molecule has 1 saturated carbocycles. The van der Waals surface area contributed by atoms with Gasteiger partial charge in [-0.1, -0.05) is 6.92 Å². The summed E-state index contributed by atoms with van der Waals surface area (Å²) in [6.07, 6.45) is 3.70. The third-order valence-electron chi connectivity index (χ3n) is 3.91. The molecular weight excluding hydrogens is 277 g/mol. The SMILES string of the molecule is C[C@H]1CC[C@H](NC(=O)c2cc([N+](=O)[O-])c(N)cc2F)CC1. The summed E-state index contributed by atoms with van der Waals surface area (Å²) in [6, 6.07) is 1.70. The second-order valence-electron chi connectivity index (χ2n) is 5.58. The van der Waals surface area contributed by atoms with Gasteiger partial charge in [0, 0.05) is 18.2 Å². The first-order valence-electron chi connectivity index (χ1n) is 6.92. The maximum absolute atomic E-state index is 13.8. The molecule has 1 aromatic carbocycles. The van der Waals surface area contributed by atoms with Crippen LogP contribution in [0.15, 0.2) is 12.1 Å². The Labute approximate surface area is 121 Å². The van der Waals surface area contributed by atoms with Crippen molar-refractivity contribution in [2.75, 3.05) is 5.73 Å². The lowest BCUT2D eigenvalue weighted by Gasteiger charge is -2.26. The molecule has 0 spiro atoms. The van der Waals surface area contributed by atoms with Crippen molar-refractivity contribution in [2.45, 2.75) is 38.6 Å². The van der Waals surface area contributed by atoms with E-state index in [0.29, 0.717) is 5.92 Å². The van der Waals surface area contributed by atoms with Crippen LogP contribution >= 0.6 is 0 Å². The molecule has 0 saturated heterocycles. The predicted molar refractivity (Wildman–Crippen MR) is 76.4 cm³/mol. The van der Waals surface area contributed by atoms with Crippen molar-refractivity contribution in [1.82, 2.24) is 5.32 Å². The Morgan fingerprint density at radius 2 is 2.00 bits per heavy atom. The van der Waals surface area contributed by atoms with Gasteiger partial charge in [-0.2, -0.15) is 0 Å². The summed E-state index contributed by atoms with van der Waals surface area (Å²) >= 11 is 0. The van der Waals surface area contributed by atoms with Crippen LogP contribution in [-0.2, 0) is 0 Å². The second-order valence-corrected chi connectivity index (χ2v) is 5.58. The Kier molecular flexibility index (Phi) is 4.40. The molecule has 1 aromatic rings. The molecule has 7 heteroatoms. The Bertz CT molecular complexity index is 569. The van der Waals surface area contributed by atoms with Crippen LogP contribution in [0.25, 0.3) is 0 Å². The Morgan fingerprint density at radius 1 is 1.38 bits per heavy atom. The van der Waals surface area contributed by atoms with Crippen LogP contribution in [0, 0.1) is 21.8 Å². The summed E-state index contributed by atoms with van der Waals surface area (Å²) in [7, 11) is 0. The van der Waals surface area contributed by atoms with Crippen LogP contribution in [-0.4, -0.2) is 16.9 Å². The molecule has 1 fully saturated rings. The van der Waals surface area contributed by atoms with Crippen LogP contribution in [0.1, 0.15) is 43.0 Å². The number of hydrogen-bond donors (Lipinski definition) is 2. The van der Waals surface area contributed by atoms with Crippen LogP contribution in [0.3, 0.4) is 0 Å². The number of nitrogen functional groups attached to an aromatic ring is 1. The molecule has 0 heterocycles. The monoisotopic (exact) mass is 295 g/mol. The fraction of sp³-hybridized carbons (Fsp3) is 0.500. The summed E-state index contributed by atoms with van der Waals surface area (Å²) in [5, 5.41) is 13.5. The molecule has 0 unspecified atom stereocenters. The molecule has 1 aliphatic carbocycles. The number of amides is 1. The number of nitrogens with zero attached hydrogens (tertiary/aromatic N) is 1. The smallest absolute Gasteiger partial charge is 0.293 e. The number of hydrogen-bond acceptors (Lipinski definition) is 4. The lowest BCUT2D eigenvalue weighted by molar-refractivity contribution is -0.384. The number of nitrogens with one attached hydrogen (secondary N) is 1. The molecule has 0 atom stereocenters. The Hall–Kier alpha value is -2.18. The first-order valence-corrected chi connectivity index (χ1v) is 6.92. The number of benzene rings is 1. The van der Waals surface area contributed by atoms with Gasteiger partial charge in [0.25, 0.3) is 11.6 Å². The molecule has 2 rings (SSSR count). The third kappa shape index (κ3) is 3.48. The summed E-state index contributed by atoms with van der Waals surface area (Å²) in [6.45, 7) is 2.15. The zero-order valence-electron chi connectivity index (χ0n) is 11.8. The van der Waals surface area contributed by atoms with E-state index in [2.05, 4.69) is 12.2 Å². The zero-order chi connectivity index (χ0) is 15.6. The number of anilines is 1. The van der Waals surface area contributed by atoms with Gasteiger partial charge in [-0.25, -0.2) is 4.39 Å². The minimum absolute atomic E-state index is 0.00953. The van der Waals surface area contributed by atoms with E-state index in [-0.39, 0.29) is 17.3 Å².